The van der Waals surface area contributed by atoms with Gasteiger partial charge in [-0.3, -0.25) is 4.72 Å². The molecule has 0 saturated carbocycles. The molecule has 1 saturated heterocycles. The highest BCUT2D eigenvalue weighted by atomic mass is 32.2. The van der Waals surface area contributed by atoms with Crippen molar-refractivity contribution in [2.75, 3.05) is 22.7 Å². The van der Waals surface area contributed by atoms with Gasteiger partial charge in [0, 0.05) is 24.3 Å². The van der Waals surface area contributed by atoms with Crippen molar-refractivity contribution in [3.05, 3.63) is 77.2 Å². The van der Waals surface area contributed by atoms with Crippen LogP contribution in [0.5, 0.6) is 0 Å². The molecule has 1 N–H and O–H groups in total. The van der Waals surface area contributed by atoms with Gasteiger partial charge in [-0.15, -0.1) is 10.2 Å². The summed E-state index contributed by atoms with van der Waals surface area (Å²) >= 11 is 0. The minimum Gasteiger partial charge on any atom is -0.355 e. The van der Waals surface area contributed by atoms with E-state index in [0.29, 0.717) is 11.4 Å². The molecule has 2 heterocycles. The van der Waals surface area contributed by atoms with Gasteiger partial charge in [-0.05, 0) is 55.7 Å². The lowest BCUT2D eigenvalue weighted by Gasteiger charge is -2.20. The van der Waals surface area contributed by atoms with E-state index in [9.17, 15) is 8.42 Å². The van der Waals surface area contributed by atoms with Crippen LogP contribution in [-0.4, -0.2) is 31.7 Å². The van der Waals surface area contributed by atoms with Gasteiger partial charge in [0.1, 0.15) is 0 Å². The summed E-state index contributed by atoms with van der Waals surface area (Å²) in [5.74, 6) is 0.897. The number of aromatic nitrogens is 2. The van der Waals surface area contributed by atoms with E-state index in [0.717, 1.165) is 35.6 Å². The summed E-state index contributed by atoms with van der Waals surface area (Å²) in [5, 5.41) is 9.99. The van der Waals surface area contributed by atoms with Crippen LogP contribution in [0, 0.1) is 6.92 Å². The third kappa shape index (κ3) is 5.95. The van der Waals surface area contributed by atoms with E-state index < -0.39 is 10.0 Å². The van der Waals surface area contributed by atoms with E-state index in [1.165, 1.54) is 31.1 Å². The Balaban J connectivity index is 1.46. The van der Waals surface area contributed by atoms with Crippen LogP contribution in [-0.2, 0) is 10.0 Å². The van der Waals surface area contributed by atoms with E-state index in [1.807, 2.05) is 49.4 Å². The minimum absolute atomic E-state index is 0.481. The zero-order chi connectivity index (χ0) is 22.4. The molecule has 6 nitrogen and oxygen atoms in total. The molecule has 0 aliphatic carbocycles. The molecule has 1 aromatic heterocycles. The summed E-state index contributed by atoms with van der Waals surface area (Å²) in [6, 6.07) is 18.8. The Bertz CT molecular complexity index is 1170. The van der Waals surface area contributed by atoms with Crippen molar-refractivity contribution in [3.63, 3.8) is 0 Å². The summed E-state index contributed by atoms with van der Waals surface area (Å²) < 4.78 is 27.6. The maximum atomic E-state index is 12.5. The molecule has 3 aromatic rings. The highest BCUT2D eigenvalue weighted by Crippen LogP contribution is 2.24. The van der Waals surface area contributed by atoms with E-state index in [4.69, 9.17) is 0 Å². The Morgan fingerprint density at radius 3 is 2.34 bits per heavy atom. The predicted molar refractivity (Wildman–Crippen MR) is 131 cm³/mol. The van der Waals surface area contributed by atoms with E-state index in [1.54, 1.807) is 24.3 Å². The molecule has 0 radical (unpaired) electrons. The molecule has 0 atom stereocenters. The lowest BCUT2D eigenvalue weighted by molar-refractivity contribution is 0.609. The number of hydrogen-bond donors (Lipinski definition) is 1. The number of sulfonamides is 1. The Morgan fingerprint density at radius 1 is 0.906 bits per heavy atom. The first-order chi connectivity index (χ1) is 15.5. The number of nitrogens with zero attached hydrogens (tertiary/aromatic N) is 3. The van der Waals surface area contributed by atoms with E-state index in [2.05, 4.69) is 19.8 Å². The third-order valence-electron chi connectivity index (χ3n) is 5.52. The molecule has 1 aliphatic rings. The average Bonchev–Trinajstić information content (AvgIpc) is 3.08. The second-order valence-corrected chi connectivity index (χ2v) is 9.69. The van der Waals surface area contributed by atoms with Gasteiger partial charge < -0.3 is 4.90 Å². The number of aryl methyl sites for hydroxylation is 1. The molecule has 1 aliphatic heterocycles. The van der Waals surface area contributed by atoms with Crippen molar-refractivity contribution in [3.8, 4) is 11.3 Å². The van der Waals surface area contributed by atoms with Gasteiger partial charge in [0.25, 0.3) is 10.0 Å². The number of anilines is 2. The maximum Gasteiger partial charge on any atom is 0.255 e. The fourth-order valence-corrected chi connectivity index (χ4v) is 4.59. The summed E-state index contributed by atoms with van der Waals surface area (Å²) in [5.41, 5.74) is 3.95. The predicted octanol–water partition coefficient (Wildman–Crippen LogP) is 5.25. The fourth-order valence-electron chi connectivity index (χ4n) is 3.73. The van der Waals surface area contributed by atoms with Gasteiger partial charge >= 0.3 is 0 Å². The SMILES string of the molecule is Cc1ccc(/C=C/S(=O)(=O)Nc2cccc(-c3ccc(N4CCCCCC4)nn3)c2)cc1. The van der Waals surface area contributed by atoms with Gasteiger partial charge in [0.2, 0.25) is 0 Å². The highest BCUT2D eigenvalue weighted by molar-refractivity contribution is 7.95. The number of nitrogens with one attached hydrogen (secondary N) is 1. The zero-order valence-corrected chi connectivity index (χ0v) is 19.1. The first kappa shape index (κ1) is 22.0. The largest absolute Gasteiger partial charge is 0.355 e. The second kappa shape index (κ2) is 9.96. The lowest BCUT2D eigenvalue weighted by Crippen LogP contribution is -2.25. The summed E-state index contributed by atoms with van der Waals surface area (Å²) in [6.45, 7) is 4.02. The number of hydrogen-bond acceptors (Lipinski definition) is 5. The molecule has 0 bridgehead atoms. The standard InChI is InChI=1S/C25H28N4O2S/c1-20-9-11-21(12-10-20)15-18-32(30,31)28-23-8-6-7-22(19-23)24-13-14-25(27-26-24)29-16-4-2-3-5-17-29/h6-15,18-19,28H,2-5,16-17H2,1H3/b18-15+. The quantitative estimate of drug-likeness (QED) is 0.558. The summed E-state index contributed by atoms with van der Waals surface area (Å²) in [7, 11) is -3.64. The maximum absolute atomic E-state index is 12.5. The summed E-state index contributed by atoms with van der Waals surface area (Å²) in [6.07, 6.45) is 6.49. The zero-order valence-electron chi connectivity index (χ0n) is 18.2. The van der Waals surface area contributed by atoms with E-state index >= 15 is 0 Å². The van der Waals surface area contributed by atoms with Gasteiger partial charge in [0.05, 0.1) is 11.1 Å². The van der Waals surface area contributed by atoms with Crippen LogP contribution >= 0.6 is 0 Å². The van der Waals surface area contributed by atoms with Crippen LogP contribution in [0.15, 0.2) is 66.1 Å². The van der Waals surface area contributed by atoms with Crippen LogP contribution in [0.1, 0.15) is 36.8 Å². The van der Waals surface area contributed by atoms with Crippen LogP contribution in [0.25, 0.3) is 17.3 Å². The normalized spacial score (nSPS) is 15.0. The van der Waals surface area contributed by atoms with Gasteiger partial charge in [-0.2, -0.15) is 0 Å². The molecule has 7 heteroatoms. The van der Waals surface area contributed by atoms with Crippen molar-refractivity contribution in [1.82, 2.24) is 10.2 Å². The molecule has 0 amide bonds. The molecular weight excluding hydrogens is 420 g/mol. The fraction of sp³-hybridized carbons (Fsp3) is 0.280. The van der Waals surface area contributed by atoms with Crippen molar-refractivity contribution >= 4 is 27.6 Å². The van der Waals surface area contributed by atoms with Crippen LogP contribution in [0.2, 0.25) is 0 Å². The van der Waals surface area contributed by atoms with Crippen LogP contribution in [0.4, 0.5) is 11.5 Å². The first-order valence-corrected chi connectivity index (χ1v) is 12.5. The van der Waals surface area contributed by atoms with Crippen molar-refractivity contribution in [2.24, 2.45) is 0 Å². The van der Waals surface area contributed by atoms with Gasteiger partial charge in [-0.1, -0.05) is 54.8 Å². The summed E-state index contributed by atoms with van der Waals surface area (Å²) in [4.78, 5) is 2.29. The first-order valence-electron chi connectivity index (χ1n) is 11.0. The molecule has 32 heavy (non-hydrogen) atoms. The van der Waals surface area contributed by atoms with Gasteiger partial charge in [0.15, 0.2) is 5.82 Å². The molecule has 0 unspecified atom stereocenters. The van der Waals surface area contributed by atoms with E-state index in [-0.39, 0.29) is 0 Å². The Kier molecular flexibility index (Phi) is 6.85. The lowest BCUT2D eigenvalue weighted by atomic mass is 10.1. The van der Waals surface area contributed by atoms with Gasteiger partial charge in [-0.25, -0.2) is 8.42 Å². The Morgan fingerprint density at radius 2 is 1.66 bits per heavy atom. The average molecular weight is 449 g/mol. The smallest absolute Gasteiger partial charge is 0.255 e. The molecule has 0 spiro atoms. The number of benzene rings is 2. The third-order valence-corrected chi connectivity index (χ3v) is 6.53. The molecule has 2 aromatic carbocycles. The second-order valence-electron chi connectivity index (χ2n) is 8.12. The van der Waals surface area contributed by atoms with Crippen LogP contribution < -0.4 is 9.62 Å². The van der Waals surface area contributed by atoms with Crippen molar-refractivity contribution < 1.29 is 8.42 Å². The monoisotopic (exact) mass is 448 g/mol. The van der Waals surface area contributed by atoms with Crippen LogP contribution in [0.3, 0.4) is 0 Å². The Hall–Kier alpha value is -3.19. The minimum atomic E-state index is -3.64. The van der Waals surface area contributed by atoms with Crippen molar-refractivity contribution in [1.29, 1.82) is 0 Å². The topological polar surface area (TPSA) is 75.2 Å². The number of rotatable bonds is 6. The molecule has 1 fully saturated rings. The van der Waals surface area contributed by atoms with Crippen molar-refractivity contribution in [2.45, 2.75) is 32.6 Å². The molecule has 166 valence electrons. The molecular formula is C25H28N4O2S. The molecule has 4 rings (SSSR count). The highest BCUT2D eigenvalue weighted by Gasteiger charge is 2.12. The Labute approximate surface area is 190 Å².